The van der Waals surface area contributed by atoms with Crippen LogP contribution in [-0.2, 0) is 11.3 Å². The van der Waals surface area contributed by atoms with Gasteiger partial charge in [0.05, 0.1) is 5.54 Å². The van der Waals surface area contributed by atoms with Crippen LogP contribution >= 0.6 is 24.0 Å². The number of halogens is 1. The van der Waals surface area contributed by atoms with Crippen molar-refractivity contribution in [2.45, 2.75) is 59.2 Å². The molecule has 0 unspecified atom stereocenters. The Bertz CT molecular complexity index is 610. The maximum Gasteiger partial charge on any atom is 0.408 e. The molecule has 1 aromatic rings. The third kappa shape index (κ3) is 9.84. The molecule has 0 aliphatic carbocycles. The predicted octanol–water partition coefficient (Wildman–Crippen LogP) is 3.58. The van der Waals surface area contributed by atoms with Gasteiger partial charge in [0.25, 0.3) is 0 Å². The standard InChI is InChI=1S/C19H32N4O2.HI/c1-14-10-8-9-11-15(14)12-21-16(20-7)22-13-19(5,6)23-17(24)25-18(2,3)4;/h8-11H,12-13H2,1-7H3,(H,23,24)(H2,20,21,22);1H. The van der Waals surface area contributed by atoms with Crippen LogP contribution in [0.2, 0.25) is 0 Å². The number of rotatable bonds is 5. The molecule has 1 rings (SSSR count). The summed E-state index contributed by atoms with van der Waals surface area (Å²) in [6.07, 6.45) is -0.429. The van der Waals surface area contributed by atoms with Crippen LogP contribution in [0, 0.1) is 6.92 Å². The molecule has 0 aliphatic heterocycles. The minimum absolute atomic E-state index is 0. The van der Waals surface area contributed by atoms with Crippen molar-refractivity contribution in [2.24, 2.45) is 4.99 Å². The fraction of sp³-hybridized carbons (Fsp3) is 0.579. The molecule has 6 nitrogen and oxygen atoms in total. The van der Waals surface area contributed by atoms with Crippen molar-refractivity contribution in [1.82, 2.24) is 16.0 Å². The highest BCUT2D eigenvalue weighted by atomic mass is 127. The van der Waals surface area contributed by atoms with Gasteiger partial charge in [0.2, 0.25) is 0 Å². The number of guanidine groups is 1. The van der Waals surface area contributed by atoms with Crippen molar-refractivity contribution >= 4 is 36.0 Å². The molecule has 0 aliphatic rings. The van der Waals surface area contributed by atoms with Crippen LogP contribution in [0.3, 0.4) is 0 Å². The van der Waals surface area contributed by atoms with Gasteiger partial charge in [-0.25, -0.2) is 4.79 Å². The van der Waals surface area contributed by atoms with Gasteiger partial charge in [0, 0.05) is 20.1 Å². The van der Waals surface area contributed by atoms with Gasteiger partial charge in [0.15, 0.2) is 5.96 Å². The molecule has 0 bridgehead atoms. The molecule has 0 saturated heterocycles. The van der Waals surface area contributed by atoms with Crippen molar-refractivity contribution in [2.75, 3.05) is 13.6 Å². The lowest BCUT2D eigenvalue weighted by Crippen LogP contribution is -2.54. The first-order valence-electron chi connectivity index (χ1n) is 8.52. The highest BCUT2D eigenvalue weighted by Crippen LogP contribution is 2.09. The molecular formula is C19H33IN4O2. The maximum absolute atomic E-state index is 11.9. The third-order valence-electron chi connectivity index (χ3n) is 3.47. The van der Waals surface area contributed by atoms with Crippen molar-refractivity contribution in [3.8, 4) is 0 Å². The van der Waals surface area contributed by atoms with E-state index in [4.69, 9.17) is 4.74 Å². The van der Waals surface area contributed by atoms with Crippen LogP contribution in [0.15, 0.2) is 29.3 Å². The molecule has 3 N–H and O–H groups in total. The summed E-state index contributed by atoms with van der Waals surface area (Å²) in [5.41, 5.74) is 1.45. The number of nitrogens with zero attached hydrogens (tertiary/aromatic N) is 1. The zero-order chi connectivity index (χ0) is 19.1. The molecule has 7 heteroatoms. The zero-order valence-corrected chi connectivity index (χ0v) is 19.2. The molecule has 26 heavy (non-hydrogen) atoms. The molecule has 0 atom stereocenters. The summed E-state index contributed by atoms with van der Waals surface area (Å²) >= 11 is 0. The highest BCUT2D eigenvalue weighted by molar-refractivity contribution is 14.0. The Morgan fingerprint density at radius 1 is 1.12 bits per heavy atom. The summed E-state index contributed by atoms with van der Waals surface area (Å²) in [5, 5.41) is 9.39. The van der Waals surface area contributed by atoms with Crippen LogP contribution < -0.4 is 16.0 Å². The van der Waals surface area contributed by atoms with Crippen LogP contribution in [0.25, 0.3) is 0 Å². The molecule has 0 fully saturated rings. The maximum atomic E-state index is 11.9. The molecule has 148 valence electrons. The number of alkyl carbamates (subject to hydrolysis) is 1. The minimum Gasteiger partial charge on any atom is -0.444 e. The Hall–Kier alpha value is -1.51. The van der Waals surface area contributed by atoms with E-state index in [0.29, 0.717) is 19.0 Å². The van der Waals surface area contributed by atoms with Crippen LogP contribution in [0.1, 0.15) is 45.7 Å². The first-order valence-corrected chi connectivity index (χ1v) is 8.52. The van der Waals surface area contributed by atoms with Crippen LogP contribution in [0.4, 0.5) is 4.79 Å². The normalized spacial score (nSPS) is 12.0. The Balaban J connectivity index is 0.00000625. The zero-order valence-electron chi connectivity index (χ0n) is 16.9. The van der Waals surface area contributed by atoms with Gasteiger partial charge in [-0.05, 0) is 52.7 Å². The van der Waals surface area contributed by atoms with E-state index in [-0.39, 0.29) is 24.0 Å². The SMILES string of the molecule is CN=C(NCc1ccccc1C)NCC(C)(C)NC(=O)OC(C)(C)C.I. The molecule has 1 aromatic carbocycles. The van der Waals surface area contributed by atoms with E-state index in [1.807, 2.05) is 46.8 Å². The third-order valence-corrected chi connectivity index (χ3v) is 3.47. The molecule has 0 spiro atoms. The Morgan fingerprint density at radius 3 is 2.27 bits per heavy atom. The van der Waals surface area contributed by atoms with Crippen molar-refractivity contribution in [3.63, 3.8) is 0 Å². The summed E-state index contributed by atoms with van der Waals surface area (Å²) in [4.78, 5) is 16.2. The van der Waals surface area contributed by atoms with E-state index in [0.717, 1.165) is 0 Å². The second-order valence-corrected chi connectivity index (χ2v) is 7.72. The summed E-state index contributed by atoms with van der Waals surface area (Å²) < 4.78 is 5.30. The van der Waals surface area contributed by atoms with E-state index in [2.05, 4.69) is 40.0 Å². The molecule has 0 heterocycles. The Morgan fingerprint density at radius 2 is 1.73 bits per heavy atom. The number of aryl methyl sites for hydroxylation is 1. The largest absolute Gasteiger partial charge is 0.444 e. The van der Waals surface area contributed by atoms with Crippen molar-refractivity contribution < 1.29 is 9.53 Å². The summed E-state index contributed by atoms with van der Waals surface area (Å²) in [6, 6.07) is 8.22. The average molecular weight is 476 g/mol. The number of amides is 1. The average Bonchev–Trinajstić information content (AvgIpc) is 2.46. The number of hydrogen-bond donors (Lipinski definition) is 3. The lowest BCUT2D eigenvalue weighted by Gasteiger charge is -2.29. The smallest absolute Gasteiger partial charge is 0.408 e. The van der Waals surface area contributed by atoms with Gasteiger partial charge in [0.1, 0.15) is 5.60 Å². The predicted molar refractivity (Wildman–Crippen MR) is 118 cm³/mol. The number of carbonyl (C=O) groups is 1. The fourth-order valence-corrected chi connectivity index (χ4v) is 2.14. The fourth-order valence-electron chi connectivity index (χ4n) is 2.14. The molecule has 1 amide bonds. The summed E-state index contributed by atoms with van der Waals surface area (Å²) in [7, 11) is 1.72. The van der Waals surface area contributed by atoms with Gasteiger partial charge in [-0.1, -0.05) is 24.3 Å². The van der Waals surface area contributed by atoms with Crippen molar-refractivity contribution in [1.29, 1.82) is 0 Å². The second kappa shape index (κ2) is 10.6. The number of ether oxygens (including phenoxy) is 1. The minimum atomic E-state index is -0.515. The van der Waals surface area contributed by atoms with Gasteiger partial charge >= 0.3 is 6.09 Å². The summed E-state index contributed by atoms with van der Waals surface area (Å²) in [5.74, 6) is 0.683. The summed E-state index contributed by atoms with van der Waals surface area (Å²) in [6.45, 7) is 12.7. The monoisotopic (exact) mass is 476 g/mol. The van der Waals surface area contributed by atoms with Gasteiger partial charge < -0.3 is 20.7 Å². The molecule has 0 saturated carbocycles. The molecular weight excluding hydrogens is 443 g/mol. The molecule has 0 aromatic heterocycles. The molecule has 0 radical (unpaired) electrons. The van der Waals surface area contributed by atoms with Gasteiger partial charge in [-0.15, -0.1) is 24.0 Å². The van der Waals surface area contributed by atoms with Crippen molar-refractivity contribution in [3.05, 3.63) is 35.4 Å². The Labute approximate surface area is 174 Å². The quantitative estimate of drug-likeness (QED) is 0.345. The van der Waals surface area contributed by atoms with Gasteiger partial charge in [-0.2, -0.15) is 0 Å². The number of carbonyl (C=O) groups excluding carboxylic acids is 1. The second-order valence-electron chi connectivity index (χ2n) is 7.72. The van der Waals surface area contributed by atoms with E-state index in [1.165, 1.54) is 11.1 Å². The van der Waals surface area contributed by atoms with E-state index >= 15 is 0 Å². The lowest BCUT2D eigenvalue weighted by molar-refractivity contribution is 0.0474. The van der Waals surface area contributed by atoms with E-state index in [9.17, 15) is 4.79 Å². The first kappa shape index (κ1) is 24.5. The number of aliphatic imine (C=N–C) groups is 1. The van der Waals surface area contributed by atoms with Gasteiger partial charge in [-0.3, -0.25) is 4.99 Å². The van der Waals surface area contributed by atoms with E-state index < -0.39 is 17.2 Å². The first-order chi connectivity index (χ1) is 11.5. The lowest BCUT2D eigenvalue weighted by atomic mass is 10.1. The Kier molecular flexibility index (Phi) is 9.98. The van der Waals surface area contributed by atoms with E-state index in [1.54, 1.807) is 7.05 Å². The topological polar surface area (TPSA) is 74.8 Å². The highest BCUT2D eigenvalue weighted by Gasteiger charge is 2.24. The van der Waals surface area contributed by atoms with Crippen LogP contribution in [-0.4, -0.2) is 36.8 Å². The van der Waals surface area contributed by atoms with Crippen LogP contribution in [0.5, 0.6) is 0 Å². The number of hydrogen-bond acceptors (Lipinski definition) is 3. The number of benzene rings is 1. The number of nitrogens with one attached hydrogen (secondary N) is 3.